The standard InChI is InChI=1S/C11H16ClN3O2/c1-17-6-5-14-10(16)7-15-11-8(12)3-2-4-9(11)13/h2-4,15H,5-7,13H2,1H3,(H,14,16). The number of ether oxygens (including phenoxy) is 1. The molecule has 1 aromatic rings. The minimum Gasteiger partial charge on any atom is -0.397 e. The third-order valence-corrected chi connectivity index (χ3v) is 2.41. The lowest BCUT2D eigenvalue weighted by Crippen LogP contribution is -2.32. The summed E-state index contributed by atoms with van der Waals surface area (Å²) in [6.07, 6.45) is 0. The van der Waals surface area contributed by atoms with Crippen molar-refractivity contribution in [2.45, 2.75) is 0 Å². The highest BCUT2D eigenvalue weighted by Gasteiger charge is 2.06. The van der Waals surface area contributed by atoms with Crippen molar-refractivity contribution >= 4 is 28.9 Å². The van der Waals surface area contributed by atoms with Crippen LogP contribution in [0.3, 0.4) is 0 Å². The van der Waals surface area contributed by atoms with Gasteiger partial charge in [-0.25, -0.2) is 0 Å². The van der Waals surface area contributed by atoms with Crippen LogP contribution in [0.2, 0.25) is 5.02 Å². The van der Waals surface area contributed by atoms with E-state index in [2.05, 4.69) is 10.6 Å². The Balaban J connectivity index is 2.42. The van der Waals surface area contributed by atoms with Gasteiger partial charge in [0, 0.05) is 13.7 Å². The minimum atomic E-state index is -0.138. The third-order valence-electron chi connectivity index (χ3n) is 2.10. The Morgan fingerprint density at radius 3 is 2.94 bits per heavy atom. The van der Waals surface area contributed by atoms with E-state index in [1.165, 1.54) is 0 Å². The van der Waals surface area contributed by atoms with Gasteiger partial charge in [-0.2, -0.15) is 0 Å². The summed E-state index contributed by atoms with van der Waals surface area (Å²) in [4.78, 5) is 11.4. The van der Waals surface area contributed by atoms with Gasteiger partial charge in [-0.15, -0.1) is 0 Å². The highest BCUT2D eigenvalue weighted by molar-refractivity contribution is 6.33. The Morgan fingerprint density at radius 2 is 2.29 bits per heavy atom. The molecule has 1 amide bonds. The smallest absolute Gasteiger partial charge is 0.239 e. The monoisotopic (exact) mass is 257 g/mol. The van der Waals surface area contributed by atoms with Crippen molar-refractivity contribution < 1.29 is 9.53 Å². The maximum Gasteiger partial charge on any atom is 0.239 e. The van der Waals surface area contributed by atoms with Crippen molar-refractivity contribution in [2.75, 3.05) is 37.9 Å². The van der Waals surface area contributed by atoms with Gasteiger partial charge in [-0.3, -0.25) is 4.79 Å². The summed E-state index contributed by atoms with van der Waals surface area (Å²) in [6, 6.07) is 5.18. The number of benzene rings is 1. The zero-order valence-electron chi connectivity index (χ0n) is 9.63. The summed E-state index contributed by atoms with van der Waals surface area (Å²) < 4.78 is 4.82. The average Bonchev–Trinajstić information content (AvgIpc) is 2.29. The van der Waals surface area contributed by atoms with Crippen LogP contribution < -0.4 is 16.4 Å². The molecule has 1 aromatic carbocycles. The molecular weight excluding hydrogens is 242 g/mol. The number of amides is 1. The molecule has 0 fully saturated rings. The number of hydrogen-bond acceptors (Lipinski definition) is 4. The number of anilines is 2. The van der Waals surface area contributed by atoms with E-state index in [0.717, 1.165) is 0 Å². The molecule has 0 heterocycles. The van der Waals surface area contributed by atoms with Crippen molar-refractivity contribution in [2.24, 2.45) is 0 Å². The first-order chi connectivity index (χ1) is 8.15. The number of carbonyl (C=O) groups is 1. The van der Waals surface area contributed by atoms with Gasteiger partial charge in [0.1, 0.15) is 0 Å². The number of methoxy groups -OCH3 is 1. The molecule has 0 aliphatic carbocycles. The van der Waals surface area contributed by atoms with Crippen LogP contribution in [-0.2, 0) is 9.53 Å². The Bertz CT molecular complexity index is 365. The number of carbonyl (C=O) groups excluding carboxylic acids is 1. The van der Waals surface area contributed by atoms with Crippen LogP contribution in [0, 0.1) is 0 Å². The van der Waals surface area contributed by atoms with Gasteiger partial charge < -0.3 is 21.1 Å². The van der Waals surface area contributed by atoms with Crippen LogP contribution >= 0.6 is 11.6 Å². The molecule has 4 N–H and O–H groups in total. The Hall–Kier alpha value is -1.46. The highest BCUT2D eigenvalue weighted by atomic mass is 35.5. The highest BCUT2D eigenvalue weighted by Crippen LogP contribution is 2.27. The van der Waals surface area contributed by atoms with E-state index in [4.69, 9.17) is 22.1 Å². The lowest BCUT2D eigenvalue weighted by atomic mass is 10.2. The fourth-order valence-electron chi connectivity index (χ4n) is 1.25. The number of halogens is 1. The van der Waals surface area contributed by atoms with Gasteiger partial charge in [0.25, 0.3) is 0 Å². The second-order valence-electron chi connectivity index (χ2n) is 3.40. The van der Waals surface area contributed by atoms with Crippen LogP contribution in [0.1, 0.15) is 0 Å². The maximum atomic E-state index is 11.4. The second-order valence-corrected chi connectivity index (χ2v) is 3.81. The average molecular weight is 258 g/mol. The van der Waals surface area contributed by atoms with Crippen LogP contribution in [0.15, 0.2) is 18.2 Å². The molecule has 0 bridgehead atoms. The largest absolute Gasteiger partial charge is 0.397 e. The van der Waals surface area contributed by atoms with Crippen molar-refractivity contribution in [1.82, 2.24) is 5.32 Å². The summed E-state index contributed by atoms with van der Waals surface area (Å²) in [6.45, 7) is 1.09. The summed E-state index contributed by atoms with van der Waals surface area (Å²) in [5.74, 6) is -0.138. The van der Waals surface area contributed by atoms with Crippen molar-refractivity contribution in [3.8, 4) is 0 Å². The van der Waals surface area contributed by atoms with Gasteiger partial charge in [0.05, 0.1) is 29.5 Å². The van der Waals surface area contributed by atoms with E-state index in [9.17, 15) is 4.79 Å². The first-order valence-electron chi connectivity index (χ1n) is 5.18. The lowest BCUT2D eigenvalue weighted by Gasteiger charge is -2.11. The van der Waals surface area contributed by atoms with Crippen LogP contribution in [0.5, 0.6) is 0 Å². The molecule has 0 unspecified atom stereocenters. The predicted molar refractivity (Wildman–Crippen MR) is 69.2 cm³/mol. The molecule has 0 aliphatic rings. The molecule has 0 spiro atoms. The van der Waals surface area contributed by atoms with E-state index in [-0.39, 0.29) is 12.5 Å². The topological polar surface area (TPSA) is 76.4 Å². The normalized spacial score (nSPS) is 10.0. The van der Waals surface area contributed by atoms with E-state index >= 15 is 0 Å². The third kappa shape index (κ3) is 4.50. The van der Waals surface area contributed by atoms with E-state index in [0.29, 0.717) is 29.5 Å². The first-order valence-corrected chi connectivity index (χ1v) is 5.56. The van der Waals surface area contributed by atoms with Crippen LogP contribution in [-0.4, -0.2) is 32.7 Å². The van der Waals surface area contributed by atoms with Crippen molar-refractivity contribution in [1.29, 1.82) is 0 Å². The van der Waals surface area contributed by atoms with E-state index in [1.807, 2.05) is 0 Å². The molecule has 94 valence electrons. The van der Waals surface area contributed by atoms with E-state index in [1.54, 1.807) is 25.3 Å². The number of rotatable bonds is 6. The van der Waals surface area contributed by atoms with E-state index < -0.39 is 0 Å². The summed E-state index contributed by atoms with van der Waals surface area (Å²) in [5, 5.41) is 6.08. The number of nitrogen functional groups attached to an aromatic ring is 1. The maximum absolute atomic E-state index is 11.4. The Morgan fingerprint density at radius 1 is 1.53 bits per heavy atom. The fourth-order valence-corrected chi connectivity index (χ4v) is 1.50. The molecule has 0 aliphatic heterocycles. The van der Waals surface area contributed by atoms with Crippen LogP contribution in [0.25, 0.3) is 0 Å². The summed E-state index contributed by atoms with van der Waals surface area (Å²) in [7, 11) is 1.58. The predicted octanol–water partition coefficient (Wildman–Crippen LogP) is 1.10. The quantitative estimate of drug-likeness (QED) is 0.527. The molecular formula is C11H16ClN3O2. The van der Waals surface area contributed by atoms with Crippen molar-refractivity contribution in [3.63, 3.8) is 0 Å². The molecule has 6 heteroatoms. The van der Waals surface area contributed by atoms with Gasteiger partial charge in [-0.1, -0.05) is 17.7 Å². The fraction of sp³-hybridized carbons (Fsp3) is 0.364. The van der Waals surface area contributed by atoms with Crippen molar-refractivity contribution in [3.05, 3.63) is 23.2 Å². The van der Waals surface area contributed by atoms with Gasteiger partial charge in [0.15, 0.2) is 0 Å². The number of nitrogens with one attached hydrogen (secondary N) is 2. The van der Waals surface area contributed by atoms with Gasteiger partial charge >= 0.3 is 0 Å². The zero-order chi connectivity index (χ0) is 12.7. The molecule has 0 aromatic heterocycles. The molecule has 0 atom stereocenters. The molecule has 5 nitrogen and oxygen atoms in total. The molecule has 17 heavy (non-hydrogen) atoms. The molecule has 1 rings (SSSR count). The summed E-state index contributed by atoms with van der Waals surface area (Å²) in [5.41, 5.74) is 6.83. The summed E-state index contributed by atoms with van der Waals surface area (Å²) >= 11 is 5.95. The molecule has 0 radical (unpaired) electrons. The van der Waals surface area contributed by atoms with Gasteiger partial charge in [-0.05, 0) is 12.1 Å². The molecule has 0 saturated heterocycles. The van der Waals surface area contributed by atoms with Crippen LogP contribution in [0.4, 0.5) is 11.4 Å². The zero-order valence-corrected chi connectivity index (χ0v) is 10.4. The number of nitrogens with two attached hydrogens (primary N) is 1. The Kier molecular flexibility index (Phi) is 5.59. The Labute approximate surface area is 105 Å². The molecule has 0 saturated carbocycles. The number of para-hydroxylation sites is 1. The lowest BCUT2D eigenvalue weighted by molar-refractivity contribution is -0.119. The first kappa shape index (κ1) is 13.6. The minimum absolute atomic E-state index is 0.123. The van der Waals surface area contributed by atoms with Gasteiger partial charge in [0.2, 0.25) is 5.91 Å². The number of hydrogen-bond donors (Lipinski definition) is 3. The SMILES string of the molecule is COCCNC(=O)CNc1c(N)cccc1Cl. The second kappa shape index (κ2) is 6.98.